The van der Waals surface area contributed by atoms with E-state index in [1.54, 1.807) is 11.0 Å². The van der Waals surface area contributed by atoms with Gasteiger partial charge < -0.3 is 9.64 Å². The molecule has 160 valence electrons. The van der Waals surface area contributed by atoms with Gasteiger partial charge in [-0.2, -0.15) is 21.6 Å². The largest absolute Gasteiger partial charge is 0.516 e. The van der Waals surface area contributed by atoms with Crippen molar-refractivity contribution >= 4 is 21.6 Å². The smallest absolute Gasteiger partial charge is 0.492 e. The van der Waals surface area contributed by atoms with E-state index < -0.39 is 15.5 Å². The Morgan fingerprint density at radius 1 is 1.10 bits per heavy atom. The molecule has 2 aromatic rings. The second kappa shape index (κ2) is 7.50. The minimum Gasteiger partial charge on any atom is -0.492 e. The predicted molar refractivity (Wildman–Crippen MR) is 103 cm³/mol. The van der Waals surface area contributed by atoms with Crippen LogP contribution in [0.15, 0.2) is 42.5 Å². The standard InChI is InChI=1S/C20H19F3N2O4S/c21-20(22,23)30(27,28)24-16-8-6-13(7-9-16)10-25-11-15-2-1-3-17(18(15)19(25)26)29-12-14-4-5-14/h1-3,6-9,14,24H,4-5,10-12H2. The zero-order chi connectivity index (χ0) is 21.5. The van der Waals surface area contributed by atoms with Crippen molar-refractivity contribution in [1.29, 1.82) is 0 Å². The van der Waals surface area contributed by atoms with Gasteiger partial charge in [0.15, 0.2) is 0 Å². The lowest BCUT2D eigenvalue weighted by molar-refractivity contribution is -0.0429. The van der Waals surface area contributed by atoms with Gasteiger partial charge in [0.2, 0.25) is 0 Å². The minimum atomic E-state index is -5.47. The summed E-state index contributed by atoms with van der Waals surface area (Å²) in [6.45, 7) is 1.23. The number of fused-ring (bicyclic) bond motifs is 1. The summed E-state index contributed by atoms with van der Waals surface area (Å²) in [4.78, 5) is 14.5. The zero-order valence-corrected chi connectivity index (χ0v) is 16.6. The van der Waals surface area contributed by atoms with Crippen LogP contribution in [-0.4, -0.2) is 31.3 Å². The zero-order valence-electron chi connectivity index (χ0n) is 15.8. The second-order valence-corrected chi connectivity index (χ2v) is 9.13. The van der Waals surface area contributed by atoms with Gasteiger partial charge in [0.25, 0.3) is 5.91 Å². The SMILES string of the molecule is O=C1c2c(cccc2OCC2CC2)CN1Cc1ccc(NS(=O)(=O)C(F)(F)F)cc1. The third-order valence-electron chi connectivity index (χ3n) is 5.03. The lowest BCUT2D eigenvalue weighted by Gasteiger charge is -2.16. The van der Waals surface area contributed by atoms with Gasteiger partial charge in [-0.1, -0.05) is 24.3 Å². The van der Waals surface area contributed by atoms with E-state index in [9.17, 15) is 26.4 Å². The number of rotatable bonds is 7. The van der Waals surface area contributed by atoms with Crippen LogP contribution >= 0.6 is 0 Å². The Labute approximate surface area is 171 Å². The summed E-state index contributed by atoms with van der Waals surface area (Å²) < 4.78 is 67.1. The van der Waals surface area contributed by atoms with E-state index in [4.69, 9.17) is 4.74 Å². The highest BCUT2D eigenvalue weighted by atomic mass is 32.2. The van der Waals surface area contributed by atoms with Gasteiger partial charge in [0, 0.05) is 18.8 Å². The Hall–Kier alpha value is -2.75. The Morgan fingerprint density at radius 2 is 1.80 bits per heavy atom. The van der Waals surface area contributed by atoms with E-state index in [-0.39, 0.29) is 18.1 Å². The van der Waals surface area contributed by atoms with Crippen molar-refractivity contribution in [1.82, 2.24) is 4.90 Å². The molecule has 1 aliphatic heterocycles. The number of sulfonamides is 1. The molecule has 4 rings (SSSR count). The molecule has 0 saturated heterocycles. The van der Waals surface area contributed by atoms with Crippen molar-refractivity contribution in [3.63, 3.8) is 0 Å². The number of halogens is 3. The average molecular weight is 440 g/mol. The van der Waals surface area contributed by atoms with Crippen molar-refractivity contribution in [2.75, 3.05) is 11.3 Å². The monoisotopic (exact) mass is 440 g/mol. The summed E-state index contributed by atoms with van der Waals surface area (Å²) in [7, 11) is -5.47. The number of hydrogen-bond donors (Lipinski definition) is 1. The van der Waals surface area contributed by atoms with Crippen molar-refractivity contribution in [2.24, 2.45) is 5.92 Å². The lowest BCUT2D eigenvalue weighted by Crippen LogP contribution is -2.29. The van der Waals surface area contributed by atoms with Crippen LogP contribution in [0.25, 0.3) is 0 Å². The number of alkyl halides is 3. The van der Waals surface area contributed by atoms with Gasteiger partial charge in [-0.25, -0.2) is 0 Å². The van der Waals surface area contributed by atoms with Crippen LogP contribution < -0.4 is 9.46 Å². The number of carbonyl (C=O) groups excluding carboxylic acids is 1. The van der Waals surface area contributed by atoms with Crippen molar-refractivity contribution < 1.29 is 31.1 Å². The molecule has 0 radical (unpaired) electrons. The number of hydrogen-bond acceptors (Lipinski definition) is 4. The lowest BCUT2D eigenvalue weighted by atomic mass is 10.1. The molecule has 30 heavy (non-hydrogen) atoms. The molecule has 10 heteroatoms. The molecule has 1 fully saturated rings. The molecule has 0 unspecified atom stereocenters. The average Bonchev–Trinajstić information content (AvgIpc) is 3.45. The number of ether oxygens (including phenoxy) is 1. The molecular weight excluding hydrogens is 421 g/mol. The summed E-state index contributed by atoms with van der Waals surface area (Å²) in [6, 6.07) is 10.9. The molecular formula is C20H19F3N2O4S. The van der Waals surface area contributed by atoms with Gasteiger partial charge in [-0.3, -0.25) is 9.52 Å². The molecule has 0 spiro atoms. The van der Waals surface area contributed by atoms with E-state index in [0.717, 1.165) is 18.4 Å². The van der Waals surface area contributed by atoms with Gasteiger partial charge >= 0.3 is 15.5 Å². The topological polar surface area (TPSA) is 75.7 Å². The van der Waals surface area contributed by atoms with Crippen molar-refractivity contribution in [3.8, 4) is 5.75 Å². The molecule has 6 nitrogen and oxygen atoms in total. The Kier molecular flexibility index (Phi) is 5.13. The molecule has 0 aromatic heterocycles. The second-order valence-electron chi connectivity index (χ2n) is 7.45. The summed E-state index contributed by atoms with van der Waals surface area (Å²) in [5.74, 6) is 0.962. The van der Waals surface area contributed by atoms with Gasteiger partial charge in [0.1, 0.15) is 5.75 Å². The third-order valence-corrected chi connectivity index (χ3v) is 6.14. The fourth-order valence-corrected chi connectivity index (χ4v) is 3.80. The highest BCUT2D eigenvalue weighted by Crippen LogP contribution is 2.35. The Bertz CT molecular complexity index is 1060. The number of amides is 1. The Morgan fingerprint density at radius 3 is 2.43 bits per heavy atom. The number of anilines is 1. The van der Waals surface area contributed by atoms with Gasteiger partial charge in [0.05, 0.1) is 12.2 Å². The first-order chi connectivity index (χ1) is 14.1. The van der Waals surface area contributed by atoms with Crippen LogP contribution in [0, 0.1) is 5.92 Å². The molecule has 1 aliphatic carbocycles. The number of nitrogens with zero attached hydrogens (tertiary/aromatic N) is 1. The fourth-order valence-electron chi connectivity index (χ4n) is 3.24. The first kappa shape index (κ1) is 20.5. The third kappa shape index (κ3) is 4.23. The maximum atomic E-state index is 12.9. The molecule has 1 N–H and O–H groups in total. The molecule has 2 aliphatic rings. The predicted octanol–water partition coefficient (Wildman–Crippen LogP) is 3.89. The molecule has 1 amide bonds. The first-order valence-electron chi connectivity index (χ1n) is 9.36. The fraction of sp³-hybridized carbons (Fsp3) is 0.350. The summed E-state index contributed by atoms with van der Waals surface area (Å²) in [5.41, 5.74) is -3.52. The van der Waals surface area contributed by atoms with Crippen LogP contribution in [0.5, 0.6) is 5.75 Å². The van der Waals surface area contributed by atoms with E-state index in [0.29, 0.717) is 35.9 Å². The highest BCUT2D eigenvalue weighted by molar-refractivity contribution is 7.93. The van der Waals surface area contributed by atoms with Crippen molar-refractivity contribution in [3.05, 3.63) is 59.2 Å². The van der Waals surface area contributed by atoms with Crippen LogP contribution in [0.4, 0.5) is 18.9 Å². The number of nitrogens with one attached hydrogen (secondary N) is 1. The summed E-state index contributed by atoms with van der Waals surface area (Å²) in [6.07, 6.45) is 2.29. The molecule has 2 aromatic carbocycles. The maximum Gasteiger partial charge on any atom is 0.516 e. The van der Waals surface area contributed by atoms with Gasteiger partial charge in [-0.05, 0) is 48.1 Å². The van der Waals surface area contributed by atoms with Gasteiger partial charge in [-0.15, -0.1) is 0 Å². The normalized spacial score (nSPS) is 16.5. The highest BCUT2D eigenvalue weighted by Gasteiger charge is 2.46. The van der Waals surface area contributed by atoms with E-state index >= 15 is 0 Å². The summed E-state index contributed by atoms with van der Waals surface area (Å²) >= 11 is 0. The van der Waals surface area contributed by atoms with Crippen LogP contribution in [0.2, 0.25) is 0 Å². The van der Waals surface area contributed by atoms with Crippen LogP contribution in [-0.2, 0) is 23.1 Å². The first-order valence-corrected chi connectivity index (χ1v) is 10.8. The Balaban J connectivity index is 1.43. The molecule has 0 bridgehead atoms. The molecule has 0 atom stereocenters. The summed E-state index contributed by atoms with van der Waals surface area (Å²) in [5, 5.41) is 0. The molecule has 1 heterocycles. The van der Waals surface area contributed by atoms with E-state index in [1.165, 1.54) is 29.0 Å². The number of benzene rings is 2. The van der Waals surface area contributed by atoms with Crippen LogP contribution in [0.1, 0.15) is 34.3 Å². The minimum absolute atomic E-state index is 0.168. The number of carbonyl (C=O) groups is 1. The molecule has 1 saturated carbocycles. The van der Waals surface area contributed by atoms with E-state index in [1.807, 2.05) is 12.1 Å². The van der Waals surface area contributed by atoms with E-state index in [2.05, 4.69) is 0 Å². The van der Waals surface area contributed by atoms with Crippen molar-refractivity contribution in [2.45, 2.75) is 31.4 Å². The maximum absolute atomic E-state index is 12.9. The quantitative estimate of drug-likeness (QED) is 0.709. The van der Waals surface area contributed by atoms with Crippen LogP contribution in [0.3, 0.4) is 0 Å².